The molecular formula is C15H14BrN3O2. The maximum Gasteiger partial charge on any atom is 0.277 e. The highest BCUT2D eigenvalue weighted by Crippen LogP contribution is 2.17. The molecule has 0 bridgehead atoms. The molecule has 0 fully saturated rings. The third-order valence-corrected chi connectivity index (χ3v) is 3.11. The van der Waals surface area contributed by atoms with E-state index in [1.807, 2.05) is 31.2 Å². The van der Waals surface area contributed by atoms with Gasteiger partial charge in [0.2, 0.25) is 0 Å². The van der Waals surface area contributed by atoms with Crippen LogP contribution >= 0.6 is 15.9 Å². The molecule has 1 amide bonds. The Balaban J connectivity index is 1.85. The van der Waals surface area contributed by atoms with Crippen LogP contribution in [0.5, 0.6) is 5.75 Å². The summed E-state index contributed by atoms with van der Waals surface area (Å²) in [6, 6.07) is 10.9. The molecule has 2 rings (SSSR count). The zero-order valence-corrected chi connectivity index (χ0v) is 13.0. The number of rotatable bonds is 5. The molecule has 0 radical (unpaired) electrons. The van der Waals surface area contributed by atoms with Gasteiger partial charge in [-0.25, -0.2) is 5.43 Å². The van der Waals surface area contributed by atoms with Gasteiger partial charge in [0.25, 0.3) is 5.91 Å². The highest BCUT2D eigenvalue weighted by atomic mass is 79.9. The fourth-order valence-corrected chi connectivity index (χ4v) is 1.92. The van der Waals surface area contributed by atoms with Crippen molar-refractivity contribution in [3.63, 3.8) is 0 Å². The predicted octanol–water partition coefficient (Wildman–Crippen LogP) is 2.76. The van der Waals surface area contributed by atoms with Crippen molar-refractivity contribution < 1.29 is 9.53 Å². The molecule has 0 aliphatic rings. The lowest BCUT2D eigenvalue weighted by molar-refractivity contribution is -0.123. The number of hydrazone groups is 1. The molecule has 108 valence electrons. The predicted molar refractivity (Wildman–Crippen MR) is 84.2 cm³/mol. The molecule has 6 heteroatoms. The first-order valence-electron chi connectivity index (χ1n) is 6.27. The lowest BCUT2D eigenvalue weighted by Crippen LogP contribution is -2.25. The number of hydrogen-bond acceptors (Lipinski definition) is 4. The van der Waals surface area contributed by atoms with Crippen molar-refractivity contribution >= 4 is 27.5 Å². The van der Waals surface area contributed by atoms with E-state index in [-0.39, 0.29) is 12.5 Å². The van der Waals surface area contributed by atoms with Crippen LogP contribution in [0.3, 0.4) is 0 Å². The molecule has 1 aromatic carbocycles. The Kier molecular flexibility index (Phi) is 5.45. The second kappa shape index (κ2) is 7.54. The van der Waals surface area contributed by atoms with E-state index < -0.39 is 0 Å². The Bertz CT molecular complexity index is 644. The largest absolute Gasteiger partial charge is 0.484 e. The SMILES string of the molecule is C/C(=N\NC(=O)COc1cccc(Br)c1)c1ccncc1. The number of halogens is 1. The van der Waals surface area contributed by atoms with E-state index in [4.69, 9.17) is 4.74 Å². The van der Waals surface area contributed by atoms with Crippen LogP contribution in [0.1, 0.15) is 12.5 Å². The Morgan fingerprint density at radius 3 is 2.81 bits per heavy atom. The summed E-state index contributed by atoms with van der Waals surface area (Å²) in [5, 5.41) is 4.02. The normalized spacial score (nSPS) is 11.0. The number of carbonyl (C=O) groups excluding carboxylic acids is 1. The molecule has 0 aliphatic carbocycles. The second-order valence-corrected chi connectivity index (χ2v) is 5.13. The van der Waals surface area contributed by atoms with E-state index in [0.29, 0.717) is 11.5 Å². The Morgan fingerprint density at radius 1 is 1.33 bits per heavy atom. The molecule has 0 unspecified atom stereocenters. The minimum Gasteiger partial charge on any atom is -0.484 e. The van der Waals surface area contributed by atoms with Gasteiger partial charge in [-0.05, 0) is 37.3 Å². The smallest absolute Gasteiger partial charge is 0.277 e. The van der Waals surface area contributed by atoms with Gasteiger partial charge in [0.05, 0.1) is 5.71 Å². The van der Waals surface area contributed by atoms with Gasteiger partial charge in [0.1, 0.15) is 5.75 Å². The summed E-state index contributed by atoms with van der Waals surface area (Å²) >= 11 is 3.34. The number of nitrogens with one attached hydrogen (secondary N) is 1. The first-order chi connectivity index (χ1) is 10.1. The average molecular weight is 348 g/mol. The zero-order valence-electron chi connectivity index (χ0n) is 11.4. The van der Waals surface area contributed by atoms with Crippen LogP contribution in [0.25, 0.3) is 0 Å². The number of amides is 1. The number of aromatic nitrogens is 1. The molecule has 5 nitrogen and oxygen atoms in total. The van der Waals surface area contributed by atoms with Gasteiger partial charge in [0, 0.05) is 22.4 Å². The number of nitrogens with zero attached hydrogens (tertiary/aromatic N) is 2. The van der Waals surface area contributed by atoms with Gasteiger partial charge in [-0.3, -0.25) is 9.78 Å². The maximum atomic E-state index is 11.7. The first kappa shape index (κ1) is 15.2. The minimum atomic E-state index is -0.316. The lowest BCUT2D eigenvalue weighted by Gasteiger charge is -2.06. The monoisotopic (exact) mass is 347 g/mol. The first-order valence-corrected chi connectivity index (χ1v) is 7.06. The van der Waals surface area contributed by atoms with Gasteiger partial charge in [-0.15, -0.1) is 0 Å². The van der Waals surface area contributed by atoms with Crippen LogP contribution in [0.2, 0.25) is 0 Å². The highest BCUT2D eigenvalue weighted by molar-refractivity contribution is 9.10. The molecule has 0 atom stereocenters. The van der Waals surface area contributed by atoms with Crippen LogP contribution in [-0.2, 0) is 4.79 Å². The molecule has 21 heavy (non-hydrogen) atoms. The van der Waals surface area contributed by atoms with Gasteiger partial charge >= 0.3 is 0 Å². The van der Waals surface area contributed by atoms with E-state index in [2.05, 4.69) is 31.4 Å². The highest BCUT2D eigenvalue weighted by Gasteiger charge is 2.03. The molecule has 0 spiro atoms. The fraction of sp³-hybridized carbons (Fsp3) is 0.133. The van der Waals surface area contributed by atoms with Crippen molar-refractivity contribution in [2.75, 3.05) is 6.61 Å². The number of pyridine rings is 1. The van der Waals surface area contributed by atoms with E-state index in [9.17, 15) is 4.79 Å². The van der Waals surface area contributed by atoms with E-state index in [0.717, 1.165) is 10.0 Å². The van der Waals surface area contributed by atoms with Gasteiger partial charge in [-0.1, -0.05) is 22.0 Å². The summed E-state index contributed by atoms with van der Waals surface area (Å²) in [5.74, 6) is 0.303. The van der Waals surface area contributed by atoms with E-state index >= 15 is 0 Å². The van der Waals surface area contributed by atoms with Crippen LogP contribution in [0.4, 0.5) is 0 Å². The Hall–Kier alpha value is -2.21. The summed E-state index contributed by atoms with van der Waals surface area (Å²) in [5.41, 5.74) is 4.06. The van der Waals surface area contributed by atoms with Crippen molar-refractivity contribution in [2.24, 2.45) is 5.10 Å². The lowest BCUT2D eigenvalue weighted by atomic mass is 10.2. The van der Waals surface area contributed by atoms with Crippen molar-refractivity contribution in [3.05, 3.63) is 58.8 Å². The molecule has 1 N–H and O–H groups in total. The molecule has 1 heterocycles. The maximum absolute atomic E-state index is 11.7. The Labute approximate surface area is 131 Å². The molecule has 0 saturated carbocycles. The molecule has 1 aromatic heterocycles. The molecule has 2 aromatic rings. The topological polar surface area (TPSA) is 63.6 Å². The average Bonchev–Trinajstić information content (AvgIpc) is 2.51. The minimum absolute atomic E-state index is 0.0937. The van der Waals surface area contributed by atoms with E-state index in [1.54, 1.807) is 24.5 Å². The van der Waals surface area contributed by atoms with Gasteiger partial charge in [0.15, 0.2) is 6.61 Å². The summed E-state index contributed by atoms with van der Waals surface area (Å²) in [6.45, 7) is 1.72. The number of carbonyl (C=O) groups is 1. The standard InChI is InChI=1S/C15H14BrN3O2/c1-11(12-5-7-17-8-6-12)18-19-15(20)10-21-14-4-2-3-13(16)9-14/h2-9H,10H2,1H3,(H,19,20)/b18-11+. The second-order valence-electron chi connectivity index (χ2n) is 4.21. The Morgan fingerprint density at radius 2 is 2.10 bits per heavy atom. The summed E-state index contributed by atoms with van der Waals surface area (Å²) in [6.07, 6.45) is 3.35. The third kappa shape index (κ3) is 5.00. The van der Waals surface area contributed by atoms with Crippen LogP contribution in [0.15, 0.2) is 58.4 Å². The van der Waals surface area contributed by atoms with Crippen LogP contribution < -0.4 is 10.2 Å². The van der Waals surface area contributed by atoms with E-state index in [1.165, 1.54) is 0 Å². The van der Waals surface area contributed by atoms with Crippen molar-refractivity contribution in [3.8, 4) is 5.75 Å². The van der Waals surface area contributed by atoms with Crippen LogP contribution in [-0.4, -0.2) is 23.2 Å². The third-order valence-electron chi connectivity index (χ3n) is 2.61. The fourth-order valence-electron chi connectivity index (χ4n) is 1.54. The van der Waals surface area contributed by atoms with Gasteiger partial charge in [-0.2, -0.15) is 5.10 Å². The quantitative estimate of drug-likeness (QED) is 0.668. The molecule has 0 saturated heterocycles. The van der Waals surface area contributed by atoms with Crippen molar-refractivity contribution in [1.82, 2.24) is 10.4 Å². The molecule has 0 aliphatic heterocycles. The number of benzene rings is 1. The summed E-state index contributed by atoms with van der Waals surface area (Å²) in [7, 11) is 0. The summed E-state index contributed by atoms with van der Waals surface area (Å²) in [4.78, 5) is 15.6. The van der Waals surface area contributed by atoms with Gasteiger partial charge < -0.3 is 4.74 Å². The molecular weight excluding hydrogens is 334 g/mol. The number of ether oxygens (including phenoxy) is 1. The van der Waals surface area contributed by atoms with Crippen molar-refractivity contribution in [2.45, 2.75) is 6.92 Å². The van der Waals surface area contributed by atoms with Crippen molar-refractivity contribution in [1.29, 1.82) is 0 Å². The summed E-state index contributed by atoms with van der Waals surface area (Å²) < 4.78 is 6.26. The zero-order chi connectivity index (χ0) is 15.1. The van der Waals surface area contributed by atoms with Crippen LogP contribution in [0, 0.1) is 0 Å². The number of hydrogen-bond donors (Lipinski definition) is 1.